The molecule has 0 radical (unpaired) electrons. The monoisotopic (exact) mass is 238 g/mol. The second-order valence-corrected chi connectivity index (χ2v) is 5.80. The van der Waals surface area contributed by atoms with Crippen molar-refractivity contribution in [1.82, 2.24) is 9.80 Å². The molecule has 0 aromatic heterocycles. The first kappa shape index (κ1) is 14.7. The Hall–Kier alpha value is -0.340. The number of unbranched alkanes of at least 4 members (excludes halogenated alkanes) is 2. The SMILES string of the molecule is C=CCCCCN(C)CC1CC(C)N(C)[C@@H]1C. The summed E-state index contributed by atoms with van der Waals surface area (Å²) in [6.07, 6.45) is 7.12. The zero-order valence-electron chi connectivity index (χ0n) is 12.2. The zero-order valence-corrected chi connectivity index (χ0v) is 12.2. The summed E-state index contributed by atoms with van der Waals surface area (Å²) < 4.78 is 0. The Morgan fingerprint density at radius 1 is 1.35 bits per heavy atom. The van der Waals surface area contributed by atoms with Crippen molar-refractivity contribution in [2.75, 3.05) is 27.2 Å². The molecule has 1 aliphatic rings. The summed E-state index contributed by atoms with van der Waals surface area (Å²) in [6, 6.07) is 1.49. The molecular weight excluding hydrogens is 208 g/mol. The lowest BCUT2D eigenvalue weighted by atomic mass is 10.00. The van der Waals surface area contributed by atoms with Crippen molar-refractivity contribution < 1.29 is 0 Å². The standard InChI is InChI=1S/C15H30N2/c1-6-7-8-9-10-16(4)12-15-11-13(2)17(5)14(15)3/h6,13-15H,1,7-12H2,2-5H3/t13?,14-,15?/m1/s1. The summed E-state index contributed by atoms with van der Waals surface area (Å²) in [6.45, 7) is 11.0. The smallest absolute Gasteiger partial charge is 0.0108 e. The van der Waals surface area contributed by atoms with Gasteiger partial charge in [-0.3, -0.25) is 0 Å². The molecule has 1 rings (SSSR count). The molecule has 2 nitrogen and oxygen atoms in total. The Bertz CT molecular complexity index is 227. The average Bonchev–Trinajstić information content (AvgIpc) is 2.53. The van der Waals surface area contributed by atoms with Crippen LogP contribution in [0.25, 0.3) is 0 Å². The molecule has 1 fully saturated rings. The predicted octanol–water partition coefficient (Wildman–Crippen LogP) is 3.00. The molecule has 0 spiro atoms. The number of hydrogen-bond acceptors (Lipinski definition) is 2. The van der Waals surface area contributed by atoms with Gasteiger partial charge in [-0.1, -0.05) is 6.08 Å². The molecule has 0 aliphatic carbocycles. The van der Waals surface area contributed by atoms with Gasteiger partial charge in [-0.25, -0.2) is 0 Å². The normalized spacial score (nSPS) is 30.1. The summed E-state index contributed by atoms with van der Waals surface area (Å²) in [5.41, 5.74) is 0. The van der Waals surface area contributed by atoms with E-state index in [0.717, 1.165) is 24.4 Å². The first-order chi connectivity index (χ1) is 8.06. The second kappa shape index (κ2) is 7.17. The molecule has 0 saturated carbocycles. The summed E-state index contributed by atoms with van der Waals surface area (Å²) in [4.78, 5) is 5.03. The van der Waals surface area contributed by atoms with E-state index in [1.807, 2.05) is 6.08 Å². The summed E-state index contributed by atoms with van der Waals surface area (Å²) in [5, 5.41) is 0. The maximum Gasteiger partial charge on any atom is 0.0108 e. The van der Waals surface area contributed by atoms with Crippen molar-refractivity contribution in [2.24, 2.45) is 5.92 Å². The fraction of sp³-hybridized carbons (Fsp3) is 0.867. The Kier molecular flexibility index (Phi) is 6.21. The van der Waals surface area contributed by atoms with Crippen LogP contribution in [-0.4, -0.2) is 49.1 Å². The Morgan fingerprint density at radius 3 is 2.59 bits per heavy atom. The fourth-order valence-corrected chi connectivity index (χ4v) is 2.92. The maximum absolute atomic E-state index is 3.77. The van der Waals surface area contributed by atoms with E-state index in [2.05, 4.69) is 44.3 Å². The minimum Gasteiger partial charge on any atom is -0.306 e. The van der Waals surface area contributed by atoms with Gasteiger partial charge >= 0.3 is 0 Å². The fourth-order valence-electron chi connectivity index (χ4n) is 2.92. The van der Waals surface area contributed by atoms with Crippen LogP contribution >= 0.6 is 0 Å². The largest absolute Gasteiger partial charge is 0.306 e. The number of likely N-dealkylation sites (tertiary alicyclic amines) is 1. The van der Waals surface area contributed by atoms with Crippen LogP contribution in [0.4, 0.5) is 0 Å². The quantitative estimate of drug-likeness (QED) is 0.497. The Morgan fingerprint density at radius 2 is 2.06 bits per heavy atom. The topological polar surface area (TPSA) is 6.48 Å². The molecule has 1 saturated heterocycles. The minimum atomic E-state index is 0.737. The molecule has 0 bridgehead atoms. The number of allylic oxidation sites excluding steroid dienone is 1. The van der Waals surface area contributed by atoms with Crippen molar-refractivity contribution in [3.63, 3.8) is 0 Å². The molecule has 1 aliphatic heterocycles. The van der Waals surface area contributed by atoms with Crippen LogP contribution in [0.2, 0.25) is 0 Å². The van der Waals surface area contributed by atoms with Gasteiger partial charge in [0, 0.05) is 18.6 Å². The van der Waals surface area contributed by atoms with Gasteiger partial charge in [-0.15, -0.1) is 6.58 Å². The van der Waals surface area contributed by atoms with E-state index in [9.17, 15) is 0 Å². The second-order valence-electron chi connectivity index (χ2n) is 5.80. The van der Waals surface area contributed by atoms with E-state index in [0.29, 0.717) is 0 Å². The highest BCUT2D eigenvalue weighted by molar-refractivity contribution is 4.88. The highest BCUT2D eigenvalue weighted by atomic mass is 15.2. The predicted molar refractivity (Wildman–Crippen MR) is 76.3 cm³/mol. The summed E-state index contributed by atoms with van der Waals surface area (Å²) >= 11 is 0. The molecule has 0 aromatic carbocycles. The Balaban J connectivity index is 2.22. The first-order valence-corrected chi connectivity index (χ1v) is 7.07. The molecule has 0 N–H and O–H groups in total. The van der Waals surface area contributed by atoms with Crippen LogP contribution in [0.1, 0.15) is 39.5 Å². The third-order valence-corrected chi connectivity index (χ3v) is 4.41. The van der Waals surface area contributed by atoms with E-state index in [4.69, 9.17) is 0 Å². The van der Waals surface area contributed by atoms with Crippen LogP contribution in [0.5, 0.6) is 0 Å². The lowest BCUT2D eigenvalue weighted by Crippen LogP contribution is -2.34. The summed E-state index contributed by atoms with van der Waals surface area (Å²) in [5.74, 6) is 0.847. The molecule has 2 heteroatoms. The molecule has 1 heterocycles. The van der Waals surface area contributed by atoms with Gasteiger partial charge in [0.25, 0.3) is 0 Å². The van der Waals surface area contributed by atoms with E-state index in [-0.39, 0.29) is 0 Å². The molecule has 0 amide bonds. The van der Waals surface area contributed by atoms with Gasteiger partial charge < -0.3 is 9.80 Å². The number of rotatable bonds is 7. The van der Waals surface area contributed by atoms with Crippen molar-refractivity contribution in [3.05, 3.63) is 12.7 Å². The van der Waals surface area contributed by atoms with E-state index < -0.39 is 0 Å². The number of hydrogen-bond donors (Lipinski definition) is 0. The van der Waals surface area contributed by atoms with Crippen LogP contribution in [-0.2, 0) is 0 Å². The first-order valence-electron chi connectivity index (χ1n) is 7.07. The van der Waals surface area contributed by atoms with E-state index in [1.54, 1.807) is 0 Å². The van der Waals surface area contributed by atoms with Gasteiger partial charge in [0.1, 0.15) is 0 Å². The molecule has 100 valence electrons. The molecular formula is C15H30N2. The molecule has 0 aromatic rings. The van der Waals surface area contributed by atoms with Gasteiger partial charge in [-0.2, -0.15) is 0 Å². The van der Waals surface area contributed by atoms with Crippen LogP contribution in [0, 0.1) is 5.92 Å². The highest BCUT2D eigenvalue weighted by Crippen LogP contribution is 2.28. The molecule has 3 atom stereocenters. The van der Waals surface area contributed by atoms with Gasteiger partial charge in [0.2, 0.25) is 0 Å². The zero-order chi connectivity index (χ0) is 12.8. The van der Waals surface area contributed by atoms with E-state index >= 15 is 0 Å². The van der Waals surface area contributed by atoms with Gasteiger partial charge in [0.15, 0.2) is 0 Å². The van der Waals surface area contributed by atoms with Crippen molar-refractivity contribution >= 4 is 0 Å². The van der Waals surface area contributed by atoms with Gasteiger partial charge in [0.05, 0.1) is 0 Å². The highest BCUT2D eigenvalue weighted by Gasteiger charge is 2.33. The Labute approximate surface area is 108 Å². The maximum atomic E-state index is 3.77. The van der Waals surface area contributed by atoms with Crippen LogP contribution in [0.3, 0.4) is 0 Å². The van der Waals surface area contributed by atoms with Crippen molar-refractivity contribution in [3.8, 4) is 0 Å². The molecule has 17 heavy (non-hydrogen) atoms. The lowest BCUT2D eigenvalue weighted by Gasteiger charge is -2.26. The number of nitrogens with zero attached hydrogens (tertiary/aromatic N) is 2. The van der Waals surface area contributed by atoms with Crippen molar-refractivity contribution in [1.29, 1.82) is 0 Å². The van der Waals surface area contributed by atoms with Crippen LogP contribution in [0.15, 0.2) is 12.7 Å². The van der Waals surface area contributed by atoms with Gasteiger partial charge in [-0.05, 0) is 66.1 Å². The van der Waals surface area contributed by atoms with Crippen LogP contribution < -0.4 is 0 Å². The molecule has 2 unspecified atom stereocenters. The third kappa shape index (κ3) is 4.44. The van der Waals surface area contributed by atoms with E-state index in [1.165, 1.54) is 32.4 Å². The lowest BCUT2D eigenvalue weighted by molar-refractivity contribution is 0.214. The minimum absolute atomic E-state index is 0.737. The average molecular weight is 238 g/mol. The van der Waals surface area contributed by atoms with Crippen molar-refractivity contribution in [2.45, 2.75) is 51.6 Å². The summed E-state index contributed by atoms with van der Waals surface area (Å²) in [7, 11) is 4.53. The third-order valence-electron chi connectivity index (χ3n) is 4.41.